The average molecular weight is 303 g/mol. The summed E-state index contributed by atoms with van der Waals surface area (Å²) in [5.74, 6) is 0.342. The maximum Gasteiger partial charge on any atom is 0.211 e. The lowest BCUT2D eigenvalue weighted by molar-refractivity contribution is 0.125. The van der Waals surface area contributed by atoms with Crippen LogP contribution in [0.25, 0.3) is 0 Å². The van der Waals surface area contributed by atoms with Crippen molar-refractivity contribution in [3.63, 3.8) is 0 Å². The first-order chi connectivity index (χ1) is 9.47. The molecule has 0 spiro atoms. The normalized spacial score (nSPS) is 21.0. The first kappa shape index (κ1) is 17.4. The van der Waals surface area contributed by atoms with Crippen molar-refractivity contribution >= 4 is 10.0 Å². The number of hydrogen-bond donors (Lipinski definition) is 0. The van der Waals surface area contributed by atoms with E-state index in [1.54, 1.807) is 11.4 Å². The van der Waals surface area contributed by atoms with Gasteiger partial charge >= 0.3 is 0 Å². The molecule has 1 unspecified atom stereocenters. The monoisotopic (exact) mass is 303 g/mol. The Bertz CT molecular complexity index is 419. The molecule has 1 aliphatic rings. The molecule has 0 amide bonds. The average Bonchev–Trinajstić information content (AvgIpc) is 2.41. The van der Waals surface area contributed by atoms with E-state index in [1.165, 1.54) is 6.26 Å². The second-order valence-corrected chi connectivity index (χ2v) is 7.31. The molecule has 0 aromatic heterocycles. The summed E-state index contributed by atoms with van der Waals surface area (Å²) >= 11 is 0. The fourth-order valence-corrected chi connectivity index (χ4v) is 3.51. The van der Waals surface area contributed by atoms with Gasteiger partial charge in [-0.25, -0.2) is 12.7 Å². The van der Waals surface area contributed by atoms with Crippen molar-refractivity contribution < 1.29 is 13.2 Å². The van der Waals surface area contributed by atoms with Crippen LogP contribution in [0.3, 0.4) is 0 Å². The minimum Gasteiger partial charge on any atom is -0.383 e. The molecule has 0 saturated carbocycles. The van der Waals surface area contributed by atoms with E-state index in [-0.39, 0.29) is 0 Å². The molecule has 0 N–H and O–H groups in total. The van der Waals surface area contributed by atoms with Crippen molar-refractivity contribution in [3.8, 4) is 6.07 Å². The second-order valence-electron chi connectivity index (χ2n) is 5.33. The molecule has 1 rings (SSSR count). The standard InChI is InChI=1S/C13H25N3O3S/c1-19-10-9-15(7-4-6-14)11-13-5-3-8-16(12-13)20(2,17)18/h13H,3-5,7-12H2,1-2H3. The summed E-state index contributed by atoms with van der Waals surface area (Å²) in [5, 5.41) is 8.70. The Morgan fingerprint density at radius 2 is 2.20 bits per heavy atom. The van der Waals surface area contributed by atoms with Crippen molar-refractivity contribution in [3.05, 3.63) is 0 Å². The number of nitrogens with zero attached hydrogens (tertiary/aromatic N) is 3. The fraction of sp³-hybridized carbons (Fsp3) is 0.923. The van der Waals surface area contributed by atoms with Gasteiger partial charge in [0.25, 0.3) is 0 Å². The van der Waals surface area contributed by atoms with Gasteiger partial charge in [-0.05, 0) is 18.8 Å². The van der Waals surface area contributed by atoms with Crippen LogP contribution < -0.4 is 0 Å². The first-order valence-electron chi connectivity index (χ1n) is 7.00. The minimum atomic E-state index is -3.09. The van der Waals surface area contributed by atoms with Crippen LogP contribution >= 0.6 is 0 Å². The quantitative estimate of drug-likeness (QED) is 0.653. The molecule has 0 bridgehead atoms. The number of sulfonamides is 1. The molecule has 1 heterocycles. The van der Waals surface area contributed by atoms with Gasteiger partial charge in [0, 0.05) is 46.3 Å². The maximum atomic E-state index is 11.6. The van der Waals surface area contributed by atoms with Gasteiger partial charge < -0.3 is 4.74 Å². The van der Waals surface area contributed by atoms with Crippen LogP contribution in [0, 0.1) is 17.2 Å². The van der Waals surface area contributed by atoms with Crippen LogP contribution in [0.15, 0.2) is 0 Å². The predicted molar refractivity (Wildman–Crippen MR) is 77.7 cm³/mol. The van der Waals surface area contributed by atoms with Crippen LogP contribution in [0.2, 0.25) is 0 Å². The summed E-state index contributed by atoms with van der Waals surface area (Å²) in [6.07, 6.45) is 3.72. The van der Waals surface area contributed by atoms with Crippen LogP contribution in [-0.2, 0) is 14.8 Å². The lowest BCUT2D eigenvalue weighted by atomic mass is 9.99. The largest absolute Gasteiger partial charge is 0.383 e. The van der Waals surface area contributed by atoms with Crippen LogP contribution in [0.1, 0.15) is 19.3 Å². The van der Waals surface area contributed by atoms with Crippen molar-refractivity contribution in [2.24, 2.45) is 5.92 Å². The van der Waals surface area contributed by atoms with E-state index in [9.17, 15) is 8.42 Å². The summed E-state index contributed by atoms with van der Waals surface area (Å²) in [4.78, 5) is 2.20. The smallest absolute Gasteiger partial charge is 0.211 e. The van der Waals surface area contributed by atoms with Crippen molar-refractivity contribution in [1.82, 2.24) is 9.21 Å². The molecule has 1 atom stereocenters. The van der Waals surface area contributed by atoms with Gasteiger partial charge in [0.2, 0.25) is 10.0 Å². The van der Waals surface area contributed by atoms with E-state index in [2.05, 4.69) is 11.0 Å². The third kappa shape index (κ3) is 6.18. The molecule has 0 aliphatic carbocycles. The van der Waals surface area contributed by atoms with E-state index in [1.807, 2.05) is 0 Å². The zero-order valence-electron chi connectivity index (χ0n) is 12.4. The lowest BCUT2D eigenvalue weighted by Gasteiger charge is -2.34. The summed E-state index contributed by atoms with van der Waals surface area (Å²) < 4.78 is 29.9. The molecule has 6 nitrogen and oxygen atoms in total. The Kier molecular flexibility index (Phi) is 7.45. The van der Waals surface area contributed by atoms with Gasteiger partial charge in [-0.3, -0.25) is 4.90 Å². The van der Waals surface area contributed by atoms with Crippen LogP contribution in [-0.4, -0.2) is 70.3 Å². The number of methoxy groups -OCH3 is 1. The highest BCUT2D eigenvalue weighted by atomic mass is 32.2. The number of rotatable bonds is 8. The van der Waals surface area contributed by atoms with Gasteiger partial charge in [-0.1, -0.05) is 0 Å². The third-order valence-corrected chi connectivity index (χ3v) is 4.89. The first-order valence-corrected chi connectivity index (χ1v) is 8.85. The molecule has 116 valence electrons. The zero-order valence-corrected chi connectivity index (χ0v) is 13.2. The van der Waals surface area contributed by atoms with Crippen molar-refractivity contribution in [1.29, 1.82) is 5.26 Å². The van der Waals surface area contributed by atoms with Crippen molar-refractivity contribution in [2.45, 2.75) is 19.3 Å². The SMILES string of the molecule is COCCN(CCC#N)CC1CCCN(S(C)(=O)=O)C1. The summed E-state index contributed by atoms with van der Waals surface area (Å²) in [6.45, 7) is 4.19. The summed E-state index contributed by atoms with van der Waals surface area (Å²) in [6, 6.07) is 2.16. The van der Waals surface area contributed by atoms with Crippen LogP contribution in [0.4, 0.5) is 0 Å². The van der Waals surface area contributed by atoms with Crippen molar-refractivity contribution in [2.75, 3.05) is 52.7 Å². The van der Waals surface area contributed by atoms with Gasteiger partial charge in [0.15, 0.2) is 0 Å². The van der Waals surface area contributed by atoms with Gasteiger partial charge in [-0.2, -0.15) is 5.26 Å². The molecule has 0 aromatic carbocycles. The highest BCUT2D eigenvalue weighted by Crippen LogP contribution is 2.19. The Labute approximate surface area is 122 Å². The minimum absolute atomic E-state index is 0.342. The molecule has 1 aliphatic heterocycles. The van der Waals surface area contributed by atoms with E-state index >= 15 is 0 Å². The van der Waals surface area contributed by atoms with E-state index < -0.39 is 10.0 Å². The fourth-order valence-electron chi connectivity index (χ4n) is 2.57. The van der Waals surface area contributed by atoms with Gasteiger partial charge in [0.05, 0.1) is 18.9 Å². The number of hydrogen-bond acceptors (Lipinski definition) is 5. The molecule has 7 heteroatoms. The second kappa shape index (κ2) is 8.57. The molecule has 0 radical (unpaired) electrons. The highest BCUT2D eigenvalue weighted by Gasteiger charge is 2.26. The molecule has 1 fully saturated rings. The topological polar surface area (TPSA) is 73.6 Å². The Morgan fingerprint density at radius 1 is 1.45 bits per heavy atom. The Balaban J connectivity index is 2.52. The van der Waals surface area contributed by atoms with Crippen LogP contribution in [0.5, 0.6) is 0 Å². The van der Waals surface area contributed by atoms with Gasteiger partial charge in [-0.15, -0.1) is 0 Å². The molecule has 0 aromatic rings. The third-order valence-electron chi connectivity index (χ3n) is 3.62. The molecule has 20 heavy (non-hydrogen) atoms. The van der Waals surface area contributed by atoms with E-state index in [0.29, 0.717) is 32.0 Å². The molecular formula is C13H25N3O3S. The van der Waals surface area contributed by atoms with Gasteiger partial charge in [0.1, 0.15) is 0 Å². The predicted octanol–water partition coefficient (Wildman–Crippen LogP) is 0.520. The number of ether oxygens (including phenoxy) is 1. The number of nitriles is 1. The Hall–Kier alpha value is -0.680. The Morgan fingerprint density at radius 3 is 2.80 bits per heavy atom. The molecular weight excluding hydrogens is 278 g/mol. The summed E-state index contributed by atoms with van der Waals surface area (Å²) in [5.41, 5.74) is 0. The summed E-state index contributed by atoms with van der Waals surface area (Å²) in [7, 11) is -1.43. The molecule has 1 saturated heterocycles. The van der Waals surface area contributed by atoms with E-state index in [4.69, 9.17) is 10.00 Å². The number of piperidine rings is 1. The van der Waals surface area contributed by atoms with E-state index in [0.717, 1.165) is 32.5 Å². The maximum absolute atomic E-state index is 11.6. The lowest BCUT2D eigenvalue weighted by Crippen LogP contribution is -2.44. The zero-order chi connectivity index (χ0) is 15.0. The highest BCUT2D eigenvalue weighted by molar-refractivity contribution is 7.88.